The van der Waals surface area contributed by atoms with Crippen LogP contribution in [-0.2, 0) is 21.4 Å². The van der Waals surface area contributed by atoms with Crippen molar-refractivity contribution in [2.45, 2.75) is 25.3 Å². The van der Waals surface area contributed by atoms with Crippen LogP contribution in [0.4, 0.5) is 0 Å². The van der Waals surface area contributed by atoms with Gasteiger partial charge in [-0.2, -0.15) is 4.31 Å². The van der Waals surface area contributed by atoms with Gasteiger partial charge in [0.05, 0.1) is 11.5 Å². The zero-order chi connectivity index (χ0) is 22.2. The maximum absolute atomic E-state index is 13.2. The SMILES string of the molecule is COCc1c(C(=O)N2CCN(S(=O)(=O)c3cc(C)ccc3C)CC2)oc2ccccc12. The highest BCUT2D eigenvalue weighted by Gasteiger charge is 2.33. The minimum atomic E-state index is -3.61. The molecule has 1 aliphatic heterocycles. The summed E-state index contributed by atoms with van der Waals surface area (Å²) in [4.78, 5) is 15.2. The van der Waals surface area contributed by atoms with Gasteiger partial charge in [0.15, 0.2) is 5.76 Å². The van der Waals surface area contributed by atoms with Crippen LogP contribution in [0, 0.1) is 13.8 Å². The normalized spacial score (nSPS) is 15.5. The number of sulfonamides is 1. The van der Waals surface area contributed by atoms with E-state index in [1.54, 1.807) is 25.0 Å². The maximum atomic E-state index is 13.2. The highest BCUT2D eigenvalue weighted by molar-refractivity contribution is 7.89. The van der Waals surface area contributed by atoms with E-state index in [4.69, 9.17) is 9.15 Å². The number of aryl methyl sites for hydroxylation is 2. The van der Waals surface area contributed by atoms with Crippen molar-refractivity contribution in [2.75, 3.05) is 33.3 Å². The molecule has 0 aliphatic carbocycles. The summed E-state index contributed by atoms with van der Waals surface area (Å²) in [6.07, 6.45) is 0. The highest BCUT2D eigenvalue weighted by atomic mass is 32.2. The van der Waals surface area contributed by atoms with Crippen molar-refractivity contribution in [3.8, 4) is 0 Å². The summed E-state index contributed by atoms with van der Waals surface area (Å²) in [5, 5.41) is 0.851. The minimum Gasteiger partial charge on any atom is -0.451 e. The van der Waals surface area contributed by atoms with Gasteiger partial charge in [0.2, 0.25) is 10.0 Å². The van der Waals surface area contributed by atoms with Crippen molar-refractivity contribution in [1.29, 1.82) is 0 Å². The third-order valence-corrected chi connectivity index (χ3v) is 7.71. The lowest BCUT2D eigenvalue weighted by Gasteiger charge is -2.34. The summed E-state index contributed by atoms with van der Waals surface area (Å²) in [6, 6.07) is 12.9. The standard InChI is InChI=1S/C23H26N2O5S/c1-16-8-9-17(2)21(14-16)31(27,28)25-12-10-24(11-13-25)23(26)22-19(15-29-3)18-6-4-5-7-20(18)30-22/h4-9,14H,10-13,15H2,1-3H3. The number of benzene rings is 2. The summed E-state index contributed by atoms with van der Waals surface area (Å²) >= 11 is 0. The zero-order valence-electron chi connectivity index (χ0n) is 17.9. The Morgan fingerprint density at radius 3 is 2.48 bits per heavy atom. The van der Waals surface area contributed by atoms with Gasteiger partial charge in [-0.3, -0.25) is 4.79 Å². The van der Waals surface area contributed by atoms with E-state index in [1.165, 1.54) is 4.31 Å². The van der Waals surface area contributed by atoms with Crippen LogP contribution >= 0.6 is 0 Å². The fourth-order valence-electron chi connectivity index (χ4n) is 3.96. The largest absolute Gasteiger partial charge is 0.451 e. The number of piperazine rings is 1. The number of nitrogens with zero attached hydrogens (tertiary/aromatic N) is 2. The zero-order valence-corrected chi connectivity index (χ0v) is 18.7. The molecule has 0 N–H and O–H groups in total. The maximum Gasteiger partial charge on any atom is 0.290 e. The molecule has 0 radical (unpaired) electrons. The van der Waals surface area contributed by atoms with E-state index in [-0.39, 0.29) is 31.4 Å². The number of furan rings is 1. The summed E-state index contributed by atoms with van der Waals surface area (Å²) in [6.45, 7) is 5.01. The first-order valence-electron chi connectivity index (χ1n) is 10.2. The monoisotopic (exact) mass is 442 g/mol. The van der Waals surface area contributed by atoms with Crippen molar-refractivity contribution in [1.82, 2.24) is 9.21 Å². The fraction of sp³-hybridized carbons (Fsp3) is 0.348. The first kappa shape index (κ1) is 21.5. The lowest BCUT2D eigenvalue weighted by atomic mass is 10.1. The van der Waals surface area contributed by atoms with Crippen LogP contribution in [0.5, 0.6) is 0 Å². The molecule has 2 aromatic carbocycles. The number of rotatable bonds is 5. The summed E-state index contributed by atoms with van der Waals surface area (Å²) in [5.74, 6) is 0.0147. The molecule has 31 heavy (non-hydrogen) atoms. The number of para-hydroxylation sites is 1. The van der Waals surface area contributed by atoms with E-state index < -0.39 is 10.0 Å². The van der Waals surface area contributed by atoms with Crippen LogP contribution in [0.25, 0.3) is 11.0 Å². The van der Waals surface area contributed by atoms with Crippen molar-refractivity contribution < 1.29 is 22.4 Å². The van der Waals surface area contributed by atoms with Crippen molar-refractivity contribution in [2.24, 2.45) is 0 Å². The molecule has 2 heterocycles. The average molecular weight is 443 g/mol. The number of fused-ring (bicyclic) bond motifs is 1. The Hall–Kier alpha value is -2.68. The molecule has 1 fully saturated rings. The Kier molecular flexibility index (Phi) is 5.88. The van der Waals surface area contributed by atoms with Crippen LogP contribution in [0.1, 0.15) is 27.2 Å². The van der Waals surface area contributed by atoms with E-state index >= 15 is 0 Å². The molecule has 3 aromatic rings. The van der Waals surface area contributed by atoms with Crippen LogP contribution in [-0.4, -0.2) is 56.8 Å². The lowest BCUT2D eigenvalue weighted by Crippen LogP contribution is -2.50. The van der Waals surface area contributed by atoms with Crippen molar-refractivity contribution in [3.05, 3.63) is 64.9 Å². The van der Waals surface area contributed by atoms with Gasteiger partial charge in [-0.15, -0.1) is 0 Å². The Labute approximate surface area is 182 Å². The van der Waals surface area contributed by atoms with Crippen molar-refractivity contribution >= 4 is 26.9 Å². The van der Waals surface area contributed by atoms with Crippen LogP contribution in [0.15, 0.2) is 51.8 Å². The van der Waals surface area contributed by atoms with Gasteiger partial charge in [0, 0.05) is 44.2 Å². The Bertz CT molecular complexity index is 1220. The Balaban J connectivity index is 1.54. The molecular weight excluding hydrogens is 416 g/mol. The molecule has 0 unspecified atom stereocenters. The van der Waals surface area contributed by atoms with E-state index in [9.17, 15) is 13.2 Å². The predicted molar refractivity (Wildman–Crippen MR) is 118 cm³/mol. The molecule has 0 spiro atoms. The molecule has 1 saturated heterocycles. The third kappa shape index (κ3) is 3.98. The highest BCUT2D eigenvalue weighted by Crippen LogP contribution is 2.28. The molecule has 1 aromatic heterocycles. The van der Waals surface area contributed by atoms with Gasteiger partial charge in [-0.1, -0.05) is 30.3 Å². The third-order valence-electron chi connectivity index (χ3n) is 5.67. The summed E-state index contributed by atoms with van der Waals surface area (Å²) in [7, 11) is -2.04. The summed E-state index contributed by atoms with van der Waals surface area (Å²) < 4.78 is 38.9. The number of hydrogen-bond acceptors (Lipinski definition) is 5. The number of ether oxygens (including phenoxy) is 1. The predicted octanol–water partition coefficient (Wildman–Crippen LogP) is 3.34. The summed E-state index contributed by atoms with van der Waals surface area (Å²) in [5.41, 5.74) is 2.96. The van der Waals surface area contributed by atoms with E-state index in [1.807, 2.05) is 43.3 Å². The number of methoxy groups -OCH3 is 1. The second-order valence-corrected chi connectivity index (χ2v) is 9.71. The second-order valence-electron chi connectivity index (χ2n) is 7.80. The van der Waals surface area contributed by atoms with Gasteiger partial charge < -0.3 is 14.1 Å². The molecule has 164 valence electrons. The number of carbonyl (C=O) groups excluding carboxylic acids is 1. The van der Waals surface area contributed by atoms with E-state index in [0.29, 0.717) is 29.1 Å². The van der Waals surface area contributed by atoms with Gasteiger partial charge in [0.1, 0.15) is 5.58 Å². The molecule has 1 amide bonds. The van der Waals surface area contributed by atoms with Crippen LogP contribution in [0.2, 0.25) is 0 Å². The topological polar surface area (TPSA) is 80.1 Å². The number of hydrogen-bond donors (Lipinski definition) is 0. The van der Waals surface area contributed by atoms with Gasteiger partial charge >= 0.3 is 0 Å². The van der Waals surface area contributed by atoms with Gasteiger partial charge in [0.25, 0.3) is 5.91 Å². The van der Waals surface area contributed by atoms with E-state index in [2.05, 4.69) is 0 Å². The molecule has 8 heteroatoms. The molecule has 0 atom stereocenters. The average Bonchev–Trinajstić information content (AvgIpc) is 3.14. The molecule has 7 nitrogen and oxygen atoms in total. The Morgan fingerprint density at radius 2 is 1.77 bits per heavy atom. The first-order valence-corrected chi connectivity index (χ1v) is 11.6. The molecule has 0 bridgehead atoms. The number of amides is 1. The second kappa shape index (κ2) is 8.45. The van der Waals surface area contributed by atoms with Crippen LogP contribution < -0.4 is 0 Å². The lowest BCUT2D eigenvalue weighted by molar-refractivity contribution is 0.0662. The molecule has 4 rings (SSSR count). The molecular formula is C23H26N2O5S. The van der Waals surface area contributed by atoms with Crippen LogP contribution in [0.3, 0.4) is 0 Å². The van der Waals surface area contributed by atoms with Gasteiger partial charge in [-0.25, -0.2) is 8.42 Å². The fourth-order valence-corrected chi connectivity index (χ4v) is 5.69. The quantitative estimate of drug-likeness (QED) is 0.605. The van der Waals surface area contributed by atoms with E-state index in [0.717, 1.165) is 16.5 Å². The Morgan fingerprint density at radius 1 is 1.06 bits per heavy atom. The molecule has 0 saturated carbocycles. The van der Waals surface area contributed by atoms with Gasteiger partial charge in [-0.05, 0) is 37.1 Å². The minimum absolute atomic E-state index is 0.237. The van der Waals surface area contributed by atoms with Crippen molar-refractivity contribution in [3.63, 3.8) is 0 Å². The smallest absolute Gasteiger partial charge is 0.290 e. The first-order chi connectivity index (χ1) is 14.8. The molecule has 1 aliphatic rings. The number of carbonyl (C=O) groups is 1.